The number of aliphatic hydroxyl groups is 1. The topological polar surface area (TPSA) is 241 Å². The van der Waals surface area contributed by atoms with E-state index in [0.29, 0.717) is 42.6 Å². The quantitative estimate of drug-likeness (QED) is 0.220. The second-order valence-electron chi connectivity index (χ2n) is 11.0. The molecule has 6 atom stereocenters. The second-order valence-corrected chi connectivity index (χ2v) is 12.9. The van der Waals surface area contributed by atoms with Crippen LogP contribution in [0.4, 0.5) is 9.59 Å². The summed E-state index contributed by atoms with van der Waals surface area (Å²) in [6.07, 6.45) is 1.66. The van der Waals surface area contributed by atoms with Crippen molar-refractivity contribution in [3.63, 3.8) is 0 Å². The van der Waals surface area contributed by atoms with Gasteiger partial charge in [-0.25, -0.2) is 26.4 Å². The van der Waals surface area contributed by atoms with Crippen LogP contribution in [0.15, 0.2) is 0 Å². The maximum atomic E-state index is 12.3. The average molecular weight is 671 g/mol. The van der Waals surface area contributed by atoms with Crippen LogP contribution in [0, 0.1) is 11.8 Å². The summed E-state index contributed by atoms with van der Waals surface area (Å²) in [5.74, 6) is -0.586. The molecule has 19 nitrogen and oxygen atoms in total. The number of rotatable bonds is 8. The first-order chi connectivity index (χ1) is 19.6. The predicted molar refractivity (Wildman–Crippen MR) is 145 cm³/mol. The molecule has 6 fully saturated rings. The van der Waals surface area contributed by atoms with Gasteiger partial charge in [0.25, 0.3) is 0 Å². The average Bonchev–Trinajstić information content (AvgIpc) is 3.53. The van der Waals surface area contributed by atoms with Crippen molar-refractivity contribution in [3.05, 3.63) is 0 Å². The maximum Gasteiger partial charge on any atom is 0.346 e. The lowest BCUT2D eigenvalue weighted by molar-refractivity contribution is -0.132. The normalized spacial score (nSPS) is 30.6. The van der Waals surface area contributed by atoms with Gasteiger partial charge in [0.05, 0.1) is 18.7 Å². The predicted octanol–water partition coefficient (Wildman–Crippen LogP) is -1.90. The molecule has 6 rings (SSSR count). The Balaban J connectivity index is 0.000000230. The van der Waals surface area contributed by atoms with Gasteiger partial charge in [-0.05, 0) is 19.3 Å². The largest absolute Gasteiger partial charge is 0.724 e. The lowest BCUT2D eigenvalue weighted by atomic mass is 9.91. The molecule has 6 amide bonds. The van der Waals surface area contributed by atoms with Gasteiger partial charge in [-0.15, -0.1) is 0 Å². The number of nitrogens with zero attached hydrogens (tertiary/aromatic N) is 6. The number of piperidine rings is 2. The molecule has 0 radical (unpaired) electrons. The van der Waals surface area contributed by atoms with E-state index >= 15 is 0 Å². The molecule has 6 saturated heterocycles. The smallest absolute Gasteiger partial charge is 0.346 e. The molecule has 1 N–H and O–H groups in total. The minimum atomic E-state index is -5.04. The number of carbonyl (C=O) groups excluding carboxylic acids is 4. The second kappa shape index (κ2) is 12.9. The fourth-order valence-electron chi connectivity index (χ4n) is 6.91. The Morgan fingerprint density at radius 3 is 1.45 bits per heavy atom. The zero-order valence-electron chi connectivity index (χ0n) is 22.4. The van der Waals surface area contributed by atoms with Gasteiger partial charge in [-0.3, -0.25) is 9.59 Å². The summed E-state index contributed by atoms with van der Waals surface area (Å²) in [5, 5.41) is 10.1. The Hall–Kier alpha value is -2.82. The highest BCUT2D eigenvalue weighted by molar-refractivity contribution is 7.81. The van der Waals surface area contributed by atoms with Gasteiger partial charge < -0.3 is 33.8 Å². The minimum Gasteiger partial charge on any atom is -0.724 e. The van der Waals surface area contributed by atoms with E-state index < -0.39 is 57.0 Å². The van der Waals surface area contributed by atoms with E-state index in [4.69, 9.17) is 5.11 Å². The summed E-state index contributed by atoms with van der Waals surface area (Å²) in [5.41, 5.74) is 0. The summed E-state index contributed by atoms with van der Waals surface area (Å²) in [6.45, 7) is 3.96. The molecule has 6 aliphatic heterocycles. The van der Waals surface area contributed by atoms with Crippen molar-refractivity contribution >= 4 is 44.7 Å². The molecule has 0 saturated carbocycles. The number of amides is 6. The lowest BCUT2D eigenvalue weighted by Crippen LogP contribution is -2.48. The number of carbonyl (C=O) groups is 4. The van der Waals surface area contributed by atoms with Crippen molar-refractivity contribution in [2.24, 2.45) is 11.8 Å². The van der Waals surface area contributed by atoms with E-state index in [1.165, 1.54) is 14.7 Å². The van der Waals surface area contributed by atoms with Crippen molar-refractivity contribution in [2.45, 2.75) is 65.2 Å². The van der Waals surface area contributed by atoms with Crippen molar-refractivity contribution in [2.75, 3.05) is 45.9 Å². The summed E-state index contributed by atoms with van der Waals surface area (Å²) in [4.78, 5) is 54.7. The molecular formula is C23H38N6O13S2-2. The number of hydrogen-bond acceptors (Lipinski definition) is 13. The molecule has 0 aromatic heterocycles. The molecule has 0 spiro atoms. The zero-order valence-corrected chi connectivity index (χ0v) is 24.0. The Labute approximate surface area is 256 Å². The third-order valence-electron chi connectivity index (χ3n) is 8.31. The zero-order chi connectivity index (χ0) is 30.7. The van der Waals surface area contributed by atoms with Crippen LogP contribution in [0.1, 0.15) is 41.0 Å². The van der Waals surface area contributed by atoms with Crippen LogP contribution in [0.2, 0.25) is 0 Å². The number of hydroxylamine groups is 4. The van der Waals surface area contributed by atoms with Crippen molar-refractivity contribution < 1.29 is 58.8 Å². The first kappa shape index (κ1) is 35.7. The third-order valence-corrected chi connectivity index (χ3v) is 8.99. The SMILES string of the molecule is C.C.CCCN1C[C@@H]2C[C@@H]3CN(C(=O)N3OS(=O)(=O)[O-])[C@@H]2C1=O.O=C1[C@@H]2[C@@H](C[C@@H]3CN2C(=O)N3OS(=O)(=O)[O-])CN1CCO. The van der Waals surface area contributed by atoms with Crippen molar-refractivity contribution in [1.82, 2.24) is 29.7 Å². The summed E-state index contributed by atoms with van der Waals surface area (Å²) >= 11 is 0. The number of β-amino-alcohol motifs (C(OH)–C–C–N with tert-alkyl or cyclic N) is 1. The number of urea groups is 2. The maximum absolute atomic E-state index is 12.3. The van der Waals surface area contributed by atoms with Crippen LogP contribution >= 0.6 is 0 Å². The molecule has 0 aromatic carbocycles. The molecule has 0 aromatic rings. The fourth-order valence-corrected chi connectivity index (χ4v) is 7.67. The number of likely N-dealkylation sites (tertiary alicyclic amines) is 2. The number of fused-ring (bicyclic) bond motifs is 8. The molecule has 0 aliphatic carbocycles. The Morgan fingerprint density at radius 2 is 1.11 bits per heavy atom. The van der Waals surface area contributed by atoms with Gasteiger partial charge in [0.15, 0.2) is 0 Å². The molecule has 6 heterocycles. The summed E-state index contributed by atoms with van der Waals surface area (Å²) in [7, 11) is -10.0. The van der Waals surface area contributed by atoms with Crippen LogP contribution in [0.5, 0.6) is 0 Å². The van der Waals surface area contributed by atoms with Crippen LogP contribution in [0.25, 0.3) is 0 Å². The summed E-state index contributed by atoms with van der Waals surface area (Å²) in [6, 6.07) is -3.82. The van der Waals surface area contributed by atoms with E-state index in [0.717, 1.165) is 6.42 Å². The van der Waals surface area contributed by atoms with Crippen LogP contribution in [-0.4, -0.2) is 155 Å². The molecule has 21 heteroatoms. The highest BCUT2D eigenvalue weighted by Gasteiger charge is 2.58. The van der Waals surface area contributed by atoms with Gasteiger partial charge >= 0.3 is 12.1 Å². The highest BCUT2D eigenvalue weighted by atomic mass is 32.3. The molecular weight excluding hydrogens is 632 g/mol. The molecule has 4 bridgehead atoms. The molecule has 252 valence electrons. The molecule has 0 unspecified atom stereocenters. The third kappa shape index (κ3) is 6.58. The van der Waals surface area contributed by atoms with Gasteiger partial charge in [-0.1, -0.05) is 21.8 Å². The van der Waals surface area contributed by atoms with Gasteiger partial charge in [-0.2, -0.15) is 18.7 Å². The Morgan fingerprint density at radius 1 is 0.727 bits per heavy atom. The van der Waals surface area contributed by atoms with Gasteiger partial charge in [0, 0.05) is 51.1 Å². The molecule has 44 heavy (non-hydrogen) atoms. The number of hydrogen-bond donors (Lipinski definition) is 1. The minimum absolute atomic E-state index is 0. The van der Waals surface area contributed by atoms with E-state index in [-0.39, 0.29) is 64.7 Å². The van der Waals surface area contributed by atoms with E-state index in [2.05, 4.69) is 8.57 Å². The van der Waals surface area contributed by atoms with E-state index in [9.17, 15) is 45.1 Å². The Bertz CT molecular complexity index is 1260. The van der Waals surface area contributed by atoms with Crippen LogP contribution in [0.3, 0.4) is 0 Å². The van der Waals surface area contributed by atoms with Crippen molar-refractivity contribution in [3.8, 4) is 0 Å². The summed E-state index contributed by atoms with van der Waals surface area (Å²) < 4.78 is 72.6. The Kier molecular flexibility index (Phi) is 10.4. The number of aliphatic hydroxyl groups excluding tert-OH is 1. The van der Waals surface area contributed by atoms with Crippen LogP contribution < -0.4 is 0 Å². The van der Waals surface area contributed by atoms with Gasteiger partial charge in [0.1, 0.15) is 12.1 Å². The van der Waals surface area contributed by atoms with E-state index in [1.54, 1.807) is 4.90 Å². The van der Waals surface area contributed by atoms with Crippen LogP contribution in [-0.2, 0) is 39.0 Å². The highest BCUT2D eigenvalue weighted by Crippen LogP contribution is 2.40. The first-order valence-electron chi connectivity index (χ1n) is 13.3. The van der Waals surface area contributed by atoms with E-state index in [1.807, 2.05) is 6.92 Å². The lowest BCUT2D eigenvalue weighted by Gasteiger charge is -2.30. The fraction of sp³-hybridized carbons (Fsp3) is 0.826. The van der Waals surface area contributed by atoms with Gasteiger partial charge in [0.2, 0.25) is 32.6 Å². The standard InChI is InChI=1S/C11H17N3O6S.C10H15N3O7S.2CH4/c1-2-3-12-5-7-4-8-6-13(9(7)10(12)15)11(16)14(8)20-21(17,18)19;14-2-1-11-4-6-3-7-5-12(8(6)9(11)15)10(16)13(7)20-21(17,18)19;;/h7-9H,2-6H2,1H3,(H,17,18,19);6-8,14H,1-5H2,(H,17,18,19);2*1H4/p-2/t7-,8+,9-;6-,7+,8-;;/m00../s1. The first-order valence-corrected chi connectivity index (χ1v) is 16.0. The molecule has 6 aliphatic rings. The van der Waals surface area contributed by atoms with Crippen molar-refractivity contribution in [1.29, 1.82) is 0 Å². The monoisotopic (exact) mass is 670 g/mol.